The summed E-state index contributed by atoms with van der Waals surface area (Å²) in [6.07, 6.45) is 0.970. The monoisotopic (exact) mass is 381 g/mol. The number of rotatable bonds is 8. The summed E-state index contributed by atoms with van der Waals surface area (Å²) >= 11 is 0. The number of halogens is 1. The van der Waals surface area contributed by atoms with Crippen LogP contribution in [-0.4, -0.2) is 32.7 Å². The van der Waals surface area contributed by atoms with E-state index in [1.165, 1.54) is 16.9 Å². The molecule has 3 rings (SSSR count). The zero-order valence-electron chi connectivity index (χ0n) is 16.1. The number of hydrogen-bond acceptors (Lipinski definition) is 4. The standard InChI is InChI=1S/C21H24FN5O/c1-21(2,17-10-6-11-18(22)14-17)15-23-19(28)12-7-13-27-25-20(24-26-27)16-8-4-3-5-9-16/h3-6,8-11,14H,7,12-13,15H2,1-2H3,(H,23,28). The Balaban J connectivity index is 1.44. The minimum absolute atomic E-state index is 0.0483. The van der Waals surface area contributed by atoms with Gasteiger partial charge in [0.05, 0.1) is 6.54 Å². The minimum atomic E-state index is -0.351. The third kappa shape index (κ3) is 5.22. The van der Waals surface area contributed by atoms with Crippen LogP contribution in [0.4, 0.5) is 4.39 Å². The highest BCUT2D eigenvalue weighted by Crippen LogP contribution is 2.22. The van der Waals surface area contributed by atoms with Gasteiger partial charge in [0.15, 0.2) is 0 Å². The molecule has 0 unspecified atom stereocenters. The van der Waals surface area contributed by atoms with E-state index < -0.39 is 0 Å². The molecule has 2 aromatic carbocycles. The van der Waals surface area contributed by atoms with E-state index in [2.05, 4.69) is 20.7 Å². The van der Waals surface area contributed by atoms with Crippen molar-refractivity contribution >= 4 is 5.91 Å². The van der Waals surface area contributed by atoms with Crippen LogP contribution in [0.15, 0.2) is 54.6 Å². The topological polar surface area (TPSA) is 72.7 Å². The van der Waals surface area contributed by atoms with E-state index in [9.17, 15) is 9.18 Å². The van der Waals surface area contributed by atoms with Crippen molar-refractivity contribution in [3.63, 3.8) is 0 Å². The largest absolute Gasteiger partial charge is 0.355 e. The SMILES string of the molecule is CC(C)(CNC(=O)CCCn1nnc(-c2ccccc2)n1)c1cccc(F)c1. The summed E-state index contributed by atoms with van der Waals surface area (Å²) in [5.74, 6) is 0.252. The Morgan fingerprint density at radius 3 is 2.68 bits per heavy atom. The minimum Gasteiger partial charge on any atom is -0.355 e. The van der Waals surface area contributed by atoms with Crippen LogP contribution >= 0.6 is 0 Å². The number of aromatic nitrogens is 4. The van der Waals surface area contributed by atoms with Gasteiger partial charge in [-0.1, -0.05) is 56.3 Å². The molecule has 0 bridgehead atoms. The van der Waals surface area contributed by atoms with E-state index in [0.29, 0.717) is 31.8 Å². The van der Waals surface area contributed by atoms with Gasteiger partial charge in [-0.15, -0.1) is 10.2 Å². The van der Waals surface area contributed by atoms with Crippen LogP contribution in [0.1, 0.15) is 32.3 Å². The normalized spacial score (nSPS) is 11.4. The van der Waals surface area contributed by atoms with Gasteiger partial charge in [-0.25, -0.2) is 4.39 Å². The van der Waals surface area contributed by atoms with E-state index in [0.717, 1.165) is 11.1 Å². The first kappa shape index (κ1) is 19.7. The summed E-state index contributed by atoms with van der Waals surface area (Å²) in [5, 5.41) is 15.3. The molecule has 146 valence electrons. The smallest absolute Gasteiger partial charge is 0.220 e. The van der Waals surface area contributed by atoms with E-state index in [1.807, 2.05) is 50.2 Å². The van der Waals surface area contributed by atoms with Crippen LogP contribution in [0.5, 0.6) is 0 Å². The highest BCUT2D eigenvalue weighted by atomic mass is 19.1. The second-order valence-corrected chi connectivity index (χ2v) is 7.35. The second-order valence-electron chi connectivity index (χ2n) is 7.35. The zero-order valence-corrected chi connectivity index (χ0v) is 16.1. The number of carbonyl (C=O) groups excluding carboxylic acids is 1. The van der Waals surface area contributed by atoms with Crippen LogP contribution in [0, 0.1) is 5.82 Å². The number of aryl methyl sites for hydroxylation is 1. The van der Waals surface area contributed by atoms with Crippen LogP contribution in [-0.2, 0) is 16.8 Å². The average Bonchev–Trinajstić information content (AvgIpc) is 3.16. The summed E-state index contributed by atoms with van der Waals surface area (Å²) < 4.78 is 13.4. The van der Waals surface area contributed by atoms with Crippen molar-refractivity contribution in [2.24, 2.45) is 0 Å². The van der Waals surface area contributed by atoms with Crippen LogP contribution in [0.25, 0.3) is 11.4 Å². The van der Waals surface area contributed by atoms with E-state index in [1.54, 1.807) is 6.07 Å². The second kappa shape index (κ2) is 8.73. The molecule has 1 aromatic heterocycles. The number of tetrazole rings is 1. The van der Waals surface area contributed by atoms with Crippen molar-refractivity contribution < 1.29 is 9.18 Å². The Morgan fingerprint density at radius 2 is 1.93 bits per heavy atom. The maximum Gasteiger partial charge on any atom is 0.220 e. The van der Waals surface area contributed by atoms with Crippen molar-refractivity contribution in [3.8, 4) is 11.4 Å². The van der Waals surface area contributed by atoms with E-state index in [4.69, 9.17) is 0 Å². The van der Waals surface area contributed by atoms with Gasteiger partial charge in [-0.3, -0.25) is 4.79 Å². The predicted octanol–water partition coefficient (Wildman–Crippen LogP) is 3.35. The fourth-order valence-electron chi connectivity index (χ4n) is 2.84. The van der Waals surface area contributed by atoms with Crippen molar-refractivity contribution in [3.05, 3.63) is 66.0 Å². The Bertz CT molecular complexity index is 923. The molecule has 6 nitrogen and oxygen atoms in total. The molecule has 1 heterocycles. The van der Waals surface area contributed by atoms with Crippen LogP contribution < -0.4 is 5.32 Å². The molecule has 0 saturated heterocycles. The quantitative estimate of drug-likeness (QED) is 0.649. The summed E-state index contributed by atoms with van der Waals surface area (Å²) in [4.78, 5) is 13.7. The van der Waals surface area contributed by atoms with Crippen molar-refractivity contribution in [2.75, 3.05) is 6.54 Å². The maximum absolute atomic E-state index is 13.4. The van der Waals surface area contributed by atoms with E-state index >= 15 is 0 Å². The fraction of sp³-hybridized carbons (Fsp3) is 0.333. The Morgan fingerprint density at radius 1 is 1.14 bits per heavy atom. The van der Waals surface area contributed by atoms with Gasteiger partial charge in [-0.05, 0) is 29.3 Å². The third-order valence-corrected chi connectivity index (χ3v) is 4.58. The first-order valence-corrected chi connectivity index (χ1v) is 9.30. The van der Waals surface area contributed by atoms with Crippen LogP contribution in [0.3, 0.4) is 0 Å². The fourth-order valence-corrected chi connectivity index (χ4v) is 2.84. The number of nitrogens with zero attached hydrogens (tertiary/aromatic N) is 4. The van der Waals surface area contributed by atoms with Gasteiger partial charge >= 0.3 is 0 Å². The highest BCUT2D eigenvalue weighted by Gasteiger charge is 2.21. The van der Waals surface area contributed by atoms with Gasteiger partial charge in [0.2, 0.25) is 11.7 Å². The summed E-state index contributed by atoms with van der Waals surface area (Å²) in [6.45, 7) is 4.91. The molecule has 0 saturated carbocycles. The number of benzene rings is 2. The lowest BCUT2D eigenvalue weighted by Gasteiger charge is -2.25. The van der Waals surface area contributed by atoms with Crippen molar-refractivity contribution in [1.29, 1.82) is 0 Å². The average molecular weight is 381 g/mol. The third-order valence-electron chi connectivity index (χ3n) is 4.58. The first-order valence-electron chi connectivity index (χ1n) is 9.30. The lowest BCUT2D eigenvalue weighted by atomic mass is 9.84. The summed E-state index contributed by atoms with van der Waals surface area (Å²) in [6, 6.07) is 16.1. The first-order chi connectivity index (χ1) is 13.4. The number of carbonyl (C=O) groups is 1. The number of amides is 1. The molecule has 28 heavy (non-hydrogen) atoms. The molecule has 0 atom stereocenters. The molecule has 1 N–H and O–H groups in total. The highest BCUT2D eigenvalue weighted by molar-refractivity contribution is 5.75. The zero-order chi connectivity index (χ0) is 20.0. The molecule has 0 aliphatic rings. The Kier molecular flexibility index (Phi) is 6.13. The van der Waals surface area contributed by atoms with Gasteiger partial charge in [0, 0.05) is 23.9 Å². The van der Waals surface area contributed by atoms with Crippen LogP contribution in [0.2, 0.25) is 0 Å². The maximum atomic E-state index is 13.4. The van der Waals surface area contributed by atoms with Gasteiger partial charge in [-0.2, -0.15) is 4.80 Å². The molecule has 0 fully saturated rings. The molecule has 0 spiro atoms. The lowest BCUT2D eigenvalue weighted by Crippen LogP contribution is -2.36. The summed E-state index contributed by atoms with van der Waals surface area (Å²) in [7, 11) is 0. The molecular weight excluding hydrogens is 357 g/mol. The van der Waals surface area contributed by atoms with Gasteiger partial charge in [0.1, 0.15) is 5.82 Å². The van der Waals surface area contributed by atoms with Crippen molar-refractivity contribution in [2.45, 2.75) is 38.6 Å². The number of hydrogen-bond donors (Lipinski definition) is 1. The molecule has 7 heteroatoms. The molecule has 0 aliphatic carbocycles. The molecule has 3 aromatic rings. The lowest BCUT2D eigenvalue weighted by molar-refractivity contribution is -0.121. The molecule has 0 aliphatic heterocycles. The summed E-state index contributed by atoms with van der Waals surface area (Å²) in [5.41, 5.74) is 1.41. The Labute approximate surface area is 163 Å². The van der Waals surface area contributed by atoms with Crippen molar-refractivity contribution in [1.82, 2.24) is 25.5 Å². The molecule has 0 radical (unpaired) electrons. The molecular formula is C21H24FN5O. The Hall–Kier alpha value is -3.09. The van der Waals surface area contributed by atoms with Gasteiger partial charge in [0.25, 0.3) is 0 Å². The molecule has 1 amide bonds. The predicted molar refractivity (Wildman–Crippen MR) is 105 cm³/mol. The van der Waals surface area contributed by atoms with E-state index in [-0.39, 0.29) is 17.1 Å². The number of nitrogens with one attached hydrogen (secondary N) is 1. The van der Waals surface area contributed by atoms with Gasteiger partial charge < -0.3 is 5.32 Å².